The van der Waals surface area contributed by atoms with Gasteiger partial charge >= 0.3 is 5.88 Å². The first-order valence-corrected chi connectivity index (χ1v) is 9.42. The van der Waals surface area contributed by atoms with E-state index in [2.05, 4.69) is 21.3 Å². The van der Waals surface area contributed by atoms with Crippen LogP contribution in [0, 0.1) is 22.7 Å². The Kier molecular flexibility index (Phi) is 6.09. The van der Waals surface area contributed by atoms with E-state index in [0.717, 1.165) is 24.6 Å². The number of aromatic nitrogens is 3. The van der Waals surface area contributed by atoms with Crippen LogP contribution in [0.4, 0.5) is 11.7 Å². The Morgan fingerprint density at radius 3 is 2.86 bits per heavy atom. The molecule has 0 spiro atoms. The third-order valence-corrected chi connectivity index (χ3v) is 4.99. The second kappa shape index (κ2) is 8.69. The highest BCUT2D eigenvalue weighted by atomic mass is 32.2. The van der Waals surface area contributed by atoms with Crippen LogP contribution >= 0.6 is 11.8 Å². The van der Waals surface area contributed by atoms with Crippen molar-refractivity contribution in [3.63, 3.8) is 0 Å². The first-order valence-electron chi connectivity index (χ1n) is 8.43. The molecule has 0 aliphatic heterocycles. The summed E-state index contributed by atoms with van der Waals surface area (Å²) in [5, 5.41) is 35.1. The molecule has 0 bridgehead atoms. The van der Waals surface area contributed by atoms with E-state index in [1.54, 1.807) is 7.11 Å². The predicted octanol–water partition coefficient (Wildman–Crippen LogP) is 0.389. The highest BCUT2D eigenvalue weighted by Gasteiger charge is 2.32. The Morgan fingerprint density at radius 2 is 2.21 bits per heavy atom. The molecule has 28 heavy (non-hydrogen) atoms. The Hall–Kier alpha value is -3.15. The maximum atomic E-state index is 12.1. The Morgan fingerprint density at radius 1 is 1.46 bits per heavy atom. The SMILES string of the molecule is COCC[n+]1cc(/N=C(\[O-])CSc2nc(N)c(C#N)c(C3CC3)c2C#N)on1. The lowest BCUT2D eigenvalue weighted by Crippen LogP contribution is -2.36. The fraction of sp³-hybridized carbons (Fsp3) is 0.412. The standard InChI is InChI=1S/C17H17N7O3S/c1-26-5-4-24-8-14(27-23-24)21-13(25)9-28-17-12(7-19)15(10-2-3-10)11(6-18)16(20)22-17/h8,10H,2-5,9H2,1H3,(H2-,20,21,22,23,25). The second-order valence-electron chi connectivity index (χ2n) is 6.05. The molecular weight excluding hydrogens is 382 g/mol. The number of nitrogens with zero attached hydrogens (tertiary/aromatic N) is 6. The summed E-state index contributed by atoms with van der Waals surface area (Å²) in [5.41, 5.74) is 7.09. The molecule has 144 valence electrons. The van der Waals surface area contributed by atoms with E-state index in [9.17, 15) is 15.6 Å². The van der Waals surface area contributed by atoms with Crippen LogP contribution in [0.5, 0.6) is 0 Å². The quantitative estimate of drug-likeness (QED) is 0.286. The van der Waals surface area contributed by atoms with E-state index in [4.69, 9.17) is 15.0 Å². The van der Waals surface area contributed by atoms with E-state index < -0.39 is 5.90 Å². The highest BCUT2D eigenvalue weighted by molar-refractivity contribution is 7.99. The number of nitrogen functional groups attached to an aromatic ring is 1. The van der Waals surface area contributed by atoms with Crippen molar-refractivity contribution in [2.45, 2.75) is 30.3 Å². The topological polar surface area (TPSA) is 161 Å². The zero-order chi connectivity index (χ0) is 20.1. The second-order valence-corrected chi connectivity index (χ2v) is 7.02. The van der Waals surface area contributed by atoms with Crippen molar-refractivity contribution in [3.05, 3.63) is 22.9 Å². The van der Waals surface area contributed by atoms with Gasteiger partial charge < -0.3 is 15.6 Å². The summed E-state index contributed by atoms with van der Waals surface area (Å²) < 4.78 is 11.4. The van der Waals surface area contributed by atoms with Crippen molar-refractivity contribution in [2.75, 3.05) is 25.2 Å². The molecule has 0 aromatic carbocycles. The maximum Gasteiger partial charge on any atom is 0.320 e. The zero-order valence-electron chi connectivity index (χ0n) is 15.1. The fourth-order valence-electron chi connectivity index (χ4n) is 2.60. The van der Waals surface area contributed by atoms with Gasteiger partial charge in [0, 0.05) is 12.9 Å². The molecule has 1 fully saturated rings. The van der Waals surface area contributed by atoms with Gasteiger partial charge in [-0.15, -0.1) is 0 Å². The first-order chi connectivity index (χ1) is 13.6. The van der Waals surface area contributed by atoms with Crippen LogP contribution in [0.2, 0.25) is 0 Å². The molecule has 11 heteroatoms. The van der Waals surface area contributed by atoms with Gasteiger partial charge in [0.25, 0.3) is 6.20 Å². The van der Waals surface area contributed by atoms with Gasteiger partial charge in [-0.05, 0) is 34.9 Å². The molecule has 10 nitrogen and oxygen atoms in total. The van der Waals surface area contributed by atoms with Crippen LogP contribution in [0.3, 0.4) is 0 Å². The van der Waals surface area contributed by atoms with Crippen LogP contribution in [0.25, 0.3) is 0 Å². The molecule has 3 rings (SSSR count). The summed E-state index contributed by atoms with van der Waals surface area (Å²) in [7, 11) is 1.57. The lowest BCUT2D eigenvalue weighted by molar-refractivity contribution is -0.763. The maximum absolute atomic E-state index is 12.1. The molecule has 1 aliphatic rings. The molecule has 2 N–H and O–H groups in total. The number of nitriles is 2. The molecule has 1 saturated carbocycles. The predicted molar refractivity (Wildman–Crippen MR) is 96.4 cm³/mol. The number of nitrogens with two attached hydrogens (primary N) is 1. The van der Waals surface area contributed by atoms with Gasteiger partial charge in [-0.25, -0.2) is 9.98 Å². The summed E-state index contributed by atoms with van der Waals surface area (Å²) in [6.07, 6.45) is 3.30. The Labute approximate surface area is 165 Å². The smallest absolute Gasteiger partial charge is 0.320 e. The van der Waals surface area contributed by atoms with Crippen LogP contribution in [0.15, 0.2) is 20.7 Å². The molecule has 1 aliphatic carbocycles. The summed E-state index contributed by atoms with van der Waals surface area (Å²) in [6.45, 7) is 0.925. The average Bonchev–Trinajstić information content (AvgIpc) is 3.43. The van der Waals surface area contributed by atoms with Gasteiger partial charge in [-0.3, -0.25) is 4.52 Å². The molecular formula is C17H17N7O3S. The van der Waals surface area contributed by atoms with Crippen LogP contribution in [-0.2, 0) is 11.3 Å². The molecule has 0 unspecified atom stereocenters. The van der Waals surface area contributed by atoms with E-state index in [-0.39, 0.29) is 28.9 Å². The largest absolute Gasteiger partial charge is 0.861 e. The number of ether oxygens (including phenoxy) is 1. The van der Waals surface area contributed by atoms with Crippen molar-refractivity contribution in [3.8, 4) is 12.1 Å². The number of hydrogen-bond donors (Lipinski definition) is 1. The molecule has 0 amide bonds. The van der Waals surface area contributed by atoms with Crippen molar-refractivity contribution < 1.29 is 19.0 Å². The van der Waals surface area contributed by atoms with E-state index in [1.807, 2.05) is 6.07 Å². The van der Waals surface area contributed by atoms with Gasteiger partial charge in [0.2, 0.25) is 11.8 Å². The third kappa shape index (κ3) is 4.39. The fourth-order valence-corrected chi connectivity index (χ4v) is 3.39. The van der Waals surface area contributed by atoms with Crippen molar-refractivity contribution in [1.29, 1.82) is 10.5 Å². The summed E-state index contributed by atoms with van der Waals surface area (Å²) in [4.78, 5) is 7.99. The van der Waals surface area contributed by atoms with E-state index in [1.165, 1.54) is 10.9 Å². The summed E-state index contributed by atoms with van der Waals surface area (Å²) >= 11 is 1.06. The van der Waals surface area contributed by atoms with Crippen LogP contribution in [-0.4, -0.2) is 35.6 Å². The lowest BCUT2D eigenvalue weighted by Gasteiger charge is -2.13. The molecule has 2 aromatic rings. The number of thioether (sulfide) groups is 1. The highest BCUT2D eigenvalue weighted by Crippen LogP contribution is 2.45. The van der Waals surface area contributed by atoms with Crippen LogP contribution < -0.4 is 15.5 Å². The number of pyridine rings is 1. The number of hydrogen-bond acceptors (Lipinski definition) is 10. The first kappa shape index (κ1) is 19.6. The third-order valence-electron chi connectivity index (χ3n) is 4.03. The summed E-state index contributed by atoms with van der Waals surface area (Å²) in [6, 6.07) is 4.15. The minimum absolute atomic E-state index is 0.0596. The van der Waals surface area contributed by atoms with Crippen molar-refractivity contribution >= 4 is 29.4 Å². The Bertz CT molecular complexity index is 986. The molecule has 0 atom stereocenters. The van der Waals surface area contributed by atoms with E-state index in [0.29, 0.717) is 29.3 Å². The zero-order valence-corrected chi connectivity index (χ0v) is 15.9. The minimum atomic E-state index is -0.471. The normalized spacial score (nSPS) is 13.9. The molecule has 0 radical (unpaired) electrons. The van der Waals surface area contributed by atoms with Gasteiger partial charge in [0.1, 0.15) is 29.6 Å². The average molecular weight is 399 g/mol. The number of methoxy groups -OCH3 is 1. The minimum Gasteiger partial charge on any atom is -0.861 e. The van der Waals surface area contributed by atoms with Gasteiger partial charge in [-0.2, -0.15) is 10.5 Å². The van der Waals surface area contributed by atoms with Crippen LogP contribution in [0.1, 0.15) is 35.4 Å². The number of anilines is 1. The lowest BCUT2D eigenvalue weighted by atomic mass is 10.0. The summed E-state index contributed by atoms with van der Waals surface area (Å²) in [5.74, 6) is -0.235. The molecule has 0 saturated heterocycles. The van der Waals surface area contributed by atoms with Crippen molar-refractivity contribution in [2.24, 2.45) is 4.99 Å². The van der Waals surface area contributed by atoms with Crippen molar-refractivity contribution in [1.82, 2.24) is 10.3 Å². The monoisotopic (exact) mass is 399 g/mol. The van der Waals surface area contributed by atoms with Gasteiger partial charge in [0.15, 0.2) is 0 Å². The molecule has 2 heterocycles. The number of aliphatic imine (C=N–C) groups is 1. The molecule has 2 aromatic heterocycles. The van der Waals surface area contributed by atoms with Gasteiger partial charge in [-0.1, -0.05) is 11.8 Å². The Balaban J connectivity index is 1.76. The van der Waals surface area contributed by atoms with E-state index >= 15 is 0 Å². The number of rotatable bonds is 8. The van der Waals surface area contributed by atoms with Gasteiger partial charge in [0.05, 0.1) is 11.1 Å².